The summed E-state index contributed by atoms with van der Waals surface area (Å²) in [6.45, 7) is 0. The predicted molar refractivity (Wildman–Crippen MR) is 107 cm³/mol. The first kappa shape index (κ1) is 15.8. The van der Waals surface area contributed by atoms with E-state index in [1.807, 2.05) is 22.8 Å². The van der Waals surface area contributed by atoms with Gasteiger partial charge in [-0.2, -0.15) is 0 Å². The minimum Gasteiger partial charge on any atom is -0.456 e. The quantitative estimate of drug-likeness (QED) is 0.472. The Labute approximate surface area is 161 Å². The van der Waals surface area contributed by atoms with Gasteiger partial charge < -0.3 is 8.98 Å². The standard InChI is InChI=1S/C21H13FN2O3S/c22-12-7-8-13-17(16(12)15-9-4-10-2-1-3-14(10)27-15)19(25)18-20(26)23-28-21(18)24(13)11-5-6-11/h1-4,7-9,11H,5-6H2,(H,23,26). The fraction of sp³-hybridized carbons (Fsp3) is 0.143. The largest absolute Gasteiger partial charge is 0.456 e. The molecule has 0 bridgehead atoms. The summed E-state index contributed by atoms with van der Waals surface area (Å²) in [6.07, 6.45) is 1.94. The van der Waals surface area contributed by atoms with Crippen molar-refractivity contribution in [2.24, 2.45) is 0 Å². The van der Waals surface area contributed by atoms with Gasteiger partial charge in [0.25, 0.3) is 5.56 Å². The molecule has 1 saturated carbocycles. The first-order valence-electron chi connectivity index (χ1n) is 9.00. The van der Waals surface area contributed by atoms with Crippen molar-refractivity contribution in [3.05, 3.63) is 68.9 Å². The number of fused-ring (bicyclic) bond motifs is 3. The molecule has 2 aromatic heterocycles. The minimum atomic E-state index is -0.549. The molecule has 1 fully saturated rings. The monoisotopic (exact) mass is 392 g/mol. The maximum atomic E-state index is 15.0. The van der Waals surface area contributed by atoms with Gasteiger partial charge in [-0.15, -0.1) is 0 Å². The third-order valence-corrected chi connectivity index (χ3v) is 6.23. The van der Waals surface area contributed by atoms with Gasteiger partial charge in [-0.25, -0.2) is 4.39 Å². The second-order valence-electron chi connectivity index (χ2n) is 7.11. The molecule has 0 saturated heterocycles. The molecule has 5 nitrogen and oxygen atoms in total. The van der Waals surface area contributed by atoms with Crippen LogP contribution in [0, 0.1) is 5.82 Å². The summed E-state index contributed by atoms with van der Waals surface area (Å²) < 4.78 is 25.6. The van der Waals surface area contributed by atoms with E-state index in [9.17, 15) is 14.0 Å². The summed E-state index contributed by atoms with van der Waals surface area (Å²) in [7, 11) is 0. The van der Waals surface area contributed by atoms with Gasteiger partial charge in [0, 0.05) is 11.6 Å². The van der Waals surface area contributed by atoms with Crippen LogP contribution in [0.25, 0.3) is 43.8 Å². The van der Waals surface area contributed by atoms with E-state index < -0.39 is 16.8 Å². The van der Waals surface area contributed by atoms with E-state index in [1.54, 1.807) is 18.2 Å². The Morgan fingerprint density at radius 3 is 2.71 bits per heavy atom. The maximum Gasteiger partial charge on any atom is 0.271 e. The summed E-state index contributed by atoms with van der Waals surface area (Å²) in [5, 5.41) is 0.281. The van der Waals surface area contributed by atoms with E-state index in [-0.39, 0.29) is 28.1 Å². The van der Waals surface area contributed by atoms with Gasteiger partial charge in [0.2, 0.25) is 5.43 Å². The molecule has 7 heteroatoms. The fourth-order valence-corrected chi connectivity index (χ4v) is 4.86. The lowest BCUT2D eigenvalue weighted by Gasteiger charge is -2.14. The van der Waals surface area contributed by atoms with E-state index in [2.05, 4.69) is 4.37 Å². The lowest BCUT2D eigenvalue weighted by Crippen LogP contribution is -2.16. The Kier molecular flexibility index (Phi) is 3.06. The second-order valence-corrected chi connectivity index (χ2v) is 7.90. The van der Waals surface area contributed by atoms with E-state index in [0.29, 0.717) is 16.1 Å². The van der Waals surface area contributed by atoms with Crippen molar-refractivity contribution in [3.8, 4) is 22.6 Å². The number of aromatic amines is 1. The molecule has 0 atom stereocenters. The summed E-state index contributed by atoms with van der Waals surface area (Å²) >= 11 is 1.16. The zero-order valence-electron chi connectivity index (χ0n) is 14.5. The fourth-order valence-electron chi connectivity index (χ4n) is 3.93. The summed E-state index contributed by atoms with van der Waals surface area (Å²) in [6, 6.07) is 12.3. The SMILES string of the molecule is O=c1[nH]sc2c1c(=O)c1c(-c3ccc4cccc-4o3)c(F)ccc1n2C1CC1. The number of H-pyrrole nitrogens is 1. The Morgan fingerprint density at radius 1 is 1.04 bits per heavy atom. The van der Waals surface area contributed by atoms with Crippen molar-refractivity contribution in [1.29, 1.82) is 0 Å². The zero-order valence-corrected chi connectivity index (χ0v) is 15.3. The van der Waals surface area contributed by atoms with Crippen molar-refractivity contribution in [2.75, 3.05) is 0 Å². The Bertz CT molecular complexity index is 1490. The van der Waals surface area contributed by atoms with Crippen molar-refractivity contribution in [1.82, 2.24) is 8.94 Å². The Morgan fingerprint density at radius 2 is 1.89 bits per heavy atom. The number of halogens is 1. The number of nitrogens with zero attached hydrogens (tertiary/aromatic N) is 1. The number of rotatable bonds is 2. The number of hydrogen-bond donors (Lipinski definition) is 1. The van der Waals surface area contributed by atoms with Crippen LogP contribution < -0.4 is 11.0 Å². The van der Waals surface area contributed by atoms with Crippen molar-refractivity contribution in [3.63, 3.8) is 0 Å². The van der Waals surface area contributed by atoms with Crippen molar-refractivity contribution >= 4 is 32.7 Å². The van der Waals surface area contributed by atoms with Crippen molar-refractivity contribution in [2.45, 2.75) is 18.9 Å². The normalized spacial score (nSPS) is 14.5. The summed E-state index contributed by atoms with van der Waals surface area (Å²) in [5.74, 6) is 0.339. The van der Waals surface area contributed by atoms with Gasteiger partial charge in [-0.05, 0) is 54.7 Å². The van der Waals surface area contributed by atoms with E-state index >= 15 is 0 Å². The molecule has 2 aliphatic carbocycles. The molecule has 3 aromatic rings. The van der Waals surface area contributed by atoms with Gasteiger partial charge in [0.05, 0.1) is 16.5 Å². The second kappa shape index (κ2) is 5.42. The Hall–Kier alpha value is -3.19. The number of benzene rings is 1. The maximum absolute atomic E-state index is 15.0. The molecule has 6 rings (SSSR count). The molecule has 0 radical (unpaired) electrons. The number of aromatic nitrogens is 2. The van der Waals surface area contributed by atoms with Crippen LogP contribution >= 0.6 is 11.5 Å². The van der Waals surface area contributed by atoms with Crippen LogP contribution in [0.5, 0.6) is 0 Å². The molecule has 1 aromatic carbocycles. The van der Waals surface area contributed by atoms with E-state index in [4.69, 9.17) is 4.42 Å². The van der Waals surface area contributed by atoms with Crippen molar-refractivity contribution < 1.29 is 8.81 Å². The first-order valence-corrected chi connectivity index (χ1v) is 9.82. The van der Waals surface area contributed by atoms with Gasteiger partial charge in [0.1, 0.15) is 27.6 Å². The van der Waals surface area contributed by atoms with Crippen LogP contribution in [0.3, 0.4) is 0 Å². The molecule has 3 aliphatic rings. The lowest BCUT2D eigenvalue weighted by atomic mass is 10.0. The van der Waals surface area contributed by atoms with E-state index in [0.717, 1.165) is 29.9 Å². The van der Waals surface area contributed by atoms with Gasteiger partial charge >= 0.3 is 0 Å². The average molecular weight is 392 g/mol. The van der Waals surface area contributed by atoms with Crippen LogP contribution in [-0.4, -0.2) is 8.94 Å². The molecule has 1 N–H and O–H groups in total. The van der Waals surface area contributed by atoms with Crippen LogP contribution in [0.2, 0.25) is 0 Å². The van der Waals surface area contributed by atoms with Crippen LogP contribution in [-0.2, 0) is 0 Å². The smallest absolute Gasteiger partial charge is 0.271 e. The van der Waals surface area contributed by atoms with Gasteiger partial charge in [-0.3, -0.25) is 14.0 Å². The van der Waals surface area contributed by atoms with Gasteiger partial charge in [0.15, 0.2) is 0 Å². The molecular weight excluding hydrogens is 379 g/mol. The highest BCUT2D eigenvalue weighted by Gasteiger charge is 2.30. The zero-order chi connectivity index (χ0) is 19.0. The molecule has 0 spiro atoms. The summed E-state index contributed by atoms with van der Waals surface area (Å²) in [4.78, 5) is 26.2. The third-order valence-electron chi connectivity index (χ3n) is 5.35. The number of hydrogen-bond acceptors (Lipinski definition) is 4. The molecular formula is C21H13FN2O3S. The molecule has 3 heterocycles. The highest BCUT2D eigenvalue weighted by Crippen LogP contribution is 2.42. The first-order chi connectivity index (χ1) is 13.6. The molecule has 138 valence electrons. The van der Waals surface area contributed by atoms with Gasteiger partial charge in [-0.1, -0.05) is 12.1 Å². The van der Waals surface area contributed by atoms with E-state index in [1.165, 1.54) is 6.07 Å². The topological polar surface area (TPSA) is 68.0 Å². The number of pyridine rings is 1. The van der Waals surface area contributed by atoms with Crippen LogP contribution in [0.15, 0.2) is 56.5 Å². The summed E-state index contributed by atoms with van der Waals surface area (Å²) in [5.41, 5.74) is 0.741. The average Bonchev–Trinajstić information content (AvgIpc) is 3.28. The third kappa shape index (κ3) is 2.05. The molecule has 1 aliphatic heterocycles. The molecule has 0 amide bonds. The number of nitrogens with one attached hydrogen (secondary N) is 1. The Balaban J connectivity index is 1.83. The lowest BCUT2D eigenvalue weighted by molar-refractivity contribution is 0.570. The highest BCUT2D eigenvalue weighted by atomic mass is 32.1. The highest BCUT2D eigenvalue weighted by molar-refractivity contribution is 7.12. The predicted octanol–water partition coefficient (Wildman–Crippen LogP) is 4.74. The molecule has 0 unspecified atom stereocenters. The van der Waals surface area contributed by atoms with Crippen LogP contribution in [0.1, 0.15) is 18.9 Å². The molecule has 28 heavy (non-hydrogen) atoms. The minimum absolute atomic E-state index is 0.0886. The van der Waals surface area contributed by atoms with Crippen LogP contribution in [0.4, 0.5) is 4.39 Å².